The monoisotopic (exact) mass is 538 g/mol. The van der Waals surface area contributed by atoms with Crippen LogP contribution in [0.1, 0.15) is 51.7 Å². The predicted molar refractivity (Wildman–Crippen MR) is 132 cm³/mol. The zero-order chi connectivity index (χ0) is 28.1. The highest BCUT2D eigenvalue weighted by Gasteiger charge is 2.40. The van der Waals surface area contributed by atoms with Crippen molar-refractivity contribution in [2.45, 2.75) is 39.2 Å². The van der Waals surface area contributed by atoms with Gasteiger partial charge in [0.1, 0.15) is 11.7 Å². The number of aromatic carboxylic acids is 1. The van der Waals surface area contributed by atoms with Gasteiger partial charge in [-0.2, -0.15) is 18.4 Å². The Morgan fingerprint density at radius 3 is 2.67 bits per heavy atom. The molecule has 0 spiro atoms. The molecule has 0 saturated carbocycles. The Balaban J connectivity index is 1.60. The lowest BCUT2D eigenvalue weighted by Gasteiger charge is -2.29. The van der Waals surface area contributed by atoms with Gasteiger partial charge in [0.2, 0.25) is 5.82 Å². The molecule has 0 amide bonds. The number of para-hydroxylation sites is 1. The third-order valence-electron chi connectivity index (χ3n) is 6.48. The van der Waals surface area contributed by atoms with E-state index >= 15 is 0 Å². The summed E-state index contributed by atoms with van der Waals surface area (Å²) in [4.78, 5) is 31.3. The fourth-order valence-corrected chi connectivity index (χ4v) is 4.70. The summed E-state index contributed by atoms with van der Waals surface area (Å²) in [6, 6.07) is 9.55. The van der Waals surface area contributed by atoms with Gasteiger partial charge in [0.15, 0.2) is 17.2 Å². The summed E-state index contributed by atoms with van der Waals surface area (Å²) in [6.45, 7) is 3.32. The molecule has 1 aliphatic rings. The molecule has 1 aromatic carbocycles. The van der Waals surface area contributed by atoms with Crippen molar-refractivity contribution in [3.63, 3.8) is 0 Å². The molecule has 0 bridgehead atoms. The third-order valence-corrected chi connectivity index (χ3v) is 6.48. The first-order valence-corrected chi connectivity index (χ1v) is 11.8. The quantitative estimate of drug-likeness (QED) is 0.391. The number of aromatic nitrogens is 5. The van der Waals surface area contributed by atoms with Gasteiger partial charge in [-0.3, -0.25) is 9.20 Å². The number of aryl methyl sites for hydroxylation is 1. The Labute approximate surface area is 218 Å². The molecule has 4 aromatic rings. The van der Waals surface area contributed by atoms with Crippen LogP contribution in [-0.4, -0.2) is 41.8 Å². The van der Waals surface area contributed by atoms with E-state index in [4.69, 9.17) is 0 Å². The molecule has 200 valence electrons. The maximum Gasteiger partial charge on any atom is 0.451 e. The molecule has 3 aromatic heterocycles. The van der Waals surface area contributed by atoms with Gasteiger partial charge in [0.25, 0.3) is 5.56 Å². The SMILES string of the molecule is Cc1cc(C(C)Nc2ccccc2C(=O)O)c2nc(N3CCn4c(nnc4C(F)(F)F)C3)c(C#N)c(=O)n2c1. The molecular formula is C25H21F3N8O3. The Morgan fingerprint density at radius 2 is 1.97 bits per heavy atom. The molecule has 2 N–H and O–H groups in total. The molecule has 0 fully saturated rings. The van der Waals surface area contributed by atoms with Crippen molar-refractivity contribution in [2.75, 3.05) is 16.8 Å². The van der Waals surface area contributed by atoms with Crippen LogP contribution < -0.4 is 15.8 Å². The summed E-state index contributed by atoms with van der Waals surface area (Å²) >= 11 is 0. The number of halogens is 3. The van der Waals surface area contributed by atoms with Gasteiger partial charge in [-0.25, -0.2) is 9.78 Å². The summed E-state index contributed by atoms with van der Waals surface area (Å²) in [6.07, 6.45) is -3.13. The van der Waals surface area contributed by atoms with Crippen molar-refractivity contribution >= 4 is 23.1 Å². The molecule has 0 aliphatic carbocycles. The number of benzene rings is 1. The molecule has 11 nitrogen and oxygen atoms in total. The molecular weight excluding hydrogens is 517 g/mol. The minimum Gasteiger partial charge on any atom is -0.478 e. The largest absolute Gasteiger partial charge is 0.478 e. The number of pyridine rings is 1. The van der Waals surface area contributed by atoms with Crippen LogP contribution in [0.3, 0.4) is 0 Å². The number of nitriles is 1. The van der Waals surface area contributed by atoms with Crippen LogP contribution in [0.25, 0.3) is 5.65 Å². The zero-order valence-electron chi connectivity index (χ0n) is 20.7. The van der Waals surface area contributed by atoms with Gasteiger partial charge in [0.05, 0.1) is 18.2 Å². The number of carbonyl (C=O) groups is 1. The van der Waals surface area contributed by atoms with Gasteiger partial charge in [-0.05, 0) is 37.6 Å². The number of hydrogen-bond acceptors (Lipinski definition) is 8. The van der Waals surface area contributed by atoms with Gasteiger partial charge in [-0.1, -0.05) is 12.1 Å². The first kappa shape index (κ1) is 25.7. The van der Waals surface area contributed by atoms with Gasteiger partial charge >= 0.3 is 12.1 Å². The summed E-state index contributed by atoms with van der Waals surface area (Å²) in [5.41, 5.74) is 1.00. The fourth-order valence-electron chi connectivity index (χ4n) is 4.70. The second-order valence-electron chi connectivity index (χ2n) is 9.12. The lowest BCUT2D eigenvalue weighted by molar-refractivity contribution is -0.147. The average Bonchev–Trinajstić information content (AvgIpc) is 3.33. The van der Waals surface area contributed by atoms with E-state index in [1.54, 1.807) is 44.3 Å². The molecule has 0 radical (unpaired) electrons. The number of carboxylic acids is 1. The molecule has 1 atom stereocenters. The third kappa shape index (κ3) is 4.52. The van der Waals surface area contributed by atoms with Crippen molar-refractivity contribution in [1.29, 1.82) is 5.26 Å². The second kappa shape index (κ2) is 9.43. The number of anilines is 2. The normalized spacial score (nSPS) is 14.1. The lowest BCUT2D eigenvalue weighted by atomic mass is 10.1. The van der Waals surface area contributed by atoms with E-state index in [9.17, 15) is 33.1 Å². The number of nitrogens with zero attached hydrogens (tertiary/aromatic N) is 7. The molecule has 4 heterocycles. The standard InChI is InChI=1S/C25H21F3N8O3/c1-13-9-16(14(2)30-18-6-4-3-5-15(18)23(38)39)21-31-20(17(10-29)22(37)36(21)11-13)34-7-8-35-19(12-34)32-33-24(35)25(26,27)28/h3-6,9,11,14,30H,7-8,12H2,1-2H3,(H,38,39). The van der Waals surface area contributed by atoms with E-state index in [1.807, 2.05) is 6.07 Å². The highest BCUT2D eigenvalue weighted by molar-refractivity contribution is 5.94. The first-order chi connectivity index (χ1) is 18.5. The molecule has 0 saturated heterocycles. The number of alkyl halides is 3. The zero-order valence-corrected chi connectivity index (χ0v) is 20.7. The van der Waals surface area contributed by atoms with Crippen LogP contribution >= 0.6 is 0 Å². The summed E-state index contributed by atoms with van der Waals surface area (Å²) in [7, 11) is 0. The summed E-state index contributed by atoms with van der Waals surface area (Å²) in [5, 5.41) is 29.5. The number of nitrogens with one attached hydrogen (secondary N) is 1. The topological polar surface area (TPSA) is 141 Å². The minimum absolute atomic E-state index is 0.0218. The Kier molecular flexibility index (Phi) is 6.21. The number of hydrogen-bond donors (Lipinski definition) is 2. The molecule has 39 heavy (non-hydrogen) atoms. The van der Waals surface area contributed by atoms with Crippen molar-refractivity contribution in [3.05, 3.63) is 80.8 Å². The Hall–Kier alpha value is -4.93. The van der Waals surface area contributed by atoms with Crippen molar-refractivity contribution in [3.8, 4) is 6.07 Å². The van der Waals surface area contributed by atoms with Crippen molar-refractivity contribution in [1.82, 2.24) is 24.1 Å². The molecule has 1 unspecified atom stereocenters. The molecule has 1 aliphatic heterocycles. The van der Waals surface area contributed by atoms with E-state index in [1.165, 1.54) is 15.4 Å². The second-order valence-corrected chi connectivity index (χ2v) is 9.12. The Bertz CT molecular complexity index is 1720. The van der Waals surface area contributed by atoms with E-state index in [0.717, 1.165) is 4.57 Å². The lowest BCUT2D eigenvalue weighted by Crippen LogP contribution is -2.38. The Morgan fingerprint density at radius 1 is 1.23 bits per heavy atom. The highest BCUT2D eigenvalue weighted by Crippen LogP contribution is 2.31. The van der Waals surface area contributed by atoms with E-state index in [2.05, 4.69) is 20.5 Å². The van der Waals surface area contributed by atoms with Crippen LogP contribution in [0.4, 0.5) is 24.7 Å². The fraction of sp³-hybridized carbons (Fsp3) is 0.280. The molecule has 5 rings (SSSR count). The predicted octanol–water partition coefficient (Wildman–Crippen LogP) is 3.38. The summed E-state index contributed by atoms with van der Waals surface area (Å²) < 4.78 is 42.1. The maximum absolute atomic E-state index is 13.4. The van der Waals surface area contributed by atoms with E-state index in [0.29, 0.717) is 16.8 Å². The van der Waals surface area contributed by atoms with Crippen LogP contribution in [0, 0.1) is 18.3 Å². The van der Waals surface area contributed by atoms with Gasteiger partial charge in [0, 0.05) is 30.5 Å². The minimum atomic E-state index is -4.67. The smallest absolute Gasteiger partial charge is 0.451 e. The van der Waals surface area contributed by atoms with Crippen LogP contribution in [0.15, 0.2) is 41.3 Å². The van der Waals surface area contributed by atoms with Crippen LogP contribution in [0.5, 0.6) is 0 Å². The van der Waals surface area contributed by atoms with Crippen molar-refractivity contribution in [2.24, 2.45) is 0 Å². The van der Waals surface area contributed by atoms with E-state index in [-0.39, 0.29) is 48.1 Å². The van der Waals surface area contributed by atoms with Gasteiger partial charge in [-0.15, -0.1) is 10.2 Å². The van der Waals surface area contributed by atoms with Crippen LogP contribution in [-0.2, 0) is 19.3 Å². The first-order valence-electron chi connectivity index (χ1n) is 11.8. The van der Waals surface area contributed by atoms with Gasteiger partial charge < -0.3 is 19.9 Å². The van der Waals surface area contributed by atoms with E-state index < -0.39 is 29.6 Å². The maximum atomic E-state index is 13.4. The number of fused-ring (bicyclic) bond motifs is 2. The van der Waals surface area contributed by atoms with Crippen LogP contribution in [0.2, 0.25) is 0 Å². The highest BCUT2D eigenvalue weighted by atomic mass is 19.4. The average molecular weight is 538 g/mol. The number of carboxylic acid groups (broad SMARTS) is 1. The number of rotatable bonds is 5. The summed E-state index contributed by atoms with van der Waals surface area (Å²) in [5.74, 6) is -2.16. The molecule has 14 heteroatoms. The van der Waals surface area contributed by atoms with Crippen molar-refractivity contribution < 1.29 is 23.1 Å².